The molecule has 2 aromatic rings. The average molecular weight is 492 g/mol. The lowest BCUT2D eigenvalue weighted by molar-refractivity contribution is -0.130. The lowest BCUT2D eigenvalue weighted by Gasteiger charge is -2.52. The first-order chi connectivity index (χ1) is 17.0. The zero-order chi connectivity index (χ0) is 24.2. The van der Waals surface area contributed by atoms with Crippen molar-refractivity contribution >= 4 is 17.4 Å². The van der Waals surface area contributed by atoms with Gasteiger partial charge in [-0.1, -0.05) is 48.9 Å². The summed E-state index contributed by atoms with van der Waals surface area (Å²) in [6, 6.07) is 13.2. The van der Waals surface area contributed by atoms with Crippen molar-refractivity contribution in [2.45, 2.75) is 76.5 Å². The zero-order valence-electron chi connectivity index (χ0n) is 20.9. The molecule has 0 amide bonds. The number of Topliss-reactive ketones (excluding diaryl/α,β-unsaturated/α-hetero) is 1. The SMILES string of the molecule is C[C@]12C[C@H](c3ccc(CCCN4CCCC4)cc3)[C@@H]3c4ccc(O)c(Cl)c4CC[C@H]3[C@@H]1CCC2=O. The Labute approximate surface area is 214 Å². The molecule has 3 nitrogen and oxygen atoms in total. The molecule has 1 aliphatic heterocycles. The Bertz CT molecular complexity index is 1110. The highest BCUT2D eigenvalue weighted by atomic mass is 35.5. The van der Waals surface area contributed by atoms with Gasteiger partial charge in [0.25, 0.3) is 0 Å². The van der Waals surface area contributed by atoms with E-state index in [1.165, 1.54) is 55.6 Å². The maximum Gasteiger partial charge on any atom is 0.139 e. The molecule has 5 atom stereocenters. The third kappa shape index (κ3) is 4.03. The van der Waals surface area contributed by atoms with Crippen LogP contribution in [0, 0.1) is 17.3 Å². The number of carbonyl (C=O) groups excluding carboxylic acids is 1. The average Bonchev–Trinajstić information content (AvgIpc) is 3.49. The molecule has 3 aliphatic carbocycles. The third-order valence-corrected chi connectivity index (χ3v) is 10.5. The number of phenols is 1. The molecule has 0 spiro atoms. The minimum Gasteiger partial charge on any atom is -0.506 e. The minimum absolute atomic E-state index is 0.190. The first kappa shape index (κ1) is 23.6. The van der Waals surface area contributed by atoms with Gasteiger partial charge in [0.2, 0.25) is 0 Å². The van der Waals surface area contributed by atoms with Gasteiger partial charge in [-0.15, -0.1) is 0 Å². The fraction of sp³-hybridized carbons (Fsp3) is 0.581. The molecule has 0 aromatic heterocycles. The van der Waals surface area contributed by atoms with E-state index in [0.717, 1.165) is 44.1 Å². The van der Waals surface area contributed by atoms with Crippen LogP contribution in [0.1, 0.15) is 86.0 Å². The predicted molar refractivity (Wildman–Crippen MR) is 141 cm³/mol. The zero-order valence-corrected chi connectivity index (χ0v) is 21.7. The number of carbonyl (C=O) groups is 1. The Morgan fingerprint density at radius 3 is 2.60 bits per heavy atom. The summed E-state index contributed by atoms with van der Waals surface area (Å²) in [7, 11) is 0. The van der Waals surface area contributed by atoms with Crippen LogP contribution in [0.5, 0.6) is 5.75 Å². The van der Waals surface area contributed by atoms with Crippen LogP contribution >= 0.6 is 11.6 Å². The fourth-order valence-electron chi connectivity index (χ4n) is 8.28. The number of aryl methyl sites for hydroxylation is 1. The summed E-state index contributed by atoms with van der Waals surface area (Å²) < 4.78 is 0. The molecule has 6 rings (SSSR count). The standard InChI is InChI=1S/C31H38ClNO2/c1-31-19-25(21-8-6-20(7-9-21)5-4-18-33-16-2-3-17-33)29-22-12-14-27(34)30(32)23(22)10-11-24(29)26(31)13-15-28(31)35/h6-9,12,14,24-26,29,34H,2-5,10-11,13,15-19H2,1H3/t24-,25+,26-,29+,31-/m0/s1. The Morgan fingerprint density at radius 1 is 1.06 bits per heavy atom. The third-order valence-electron chi connectivity index (χ3n) is 10.1. The fourth-order valence-corrected chi connectivity index (χ4v) is 8.55. The van der Waals surface area contributed by atoms with E-state index in [2.05, 4.69) is 42.2 Å². The summed E-state index contributed by atoms with van der Waals surface area (Å²) in [5.41, 5.74) is 5.01. The Balaban J connectivity index is 1.30. The molecule has 2 aromatic carbocycles. The molecular weight excluding hydrogens is 454 g/mol. The van der Waals surface area contributed by atoms with Crippen LogP contribution in [0.4, 0.5) is 0 Å². The Kier molecular flexibility index (Phi) is 6.21. The number of benzene rings is 2. The van der Waals surface area contributed by atoms with Gasteiger partial charge in [0.1, 0.15) is 11.5 Å². The number of fused-ring (bicyclic) bond motifs is 5. The van der Waals surface area contributed by atoms with E-state index in [9.17, 15) is 9.90 Å². The number of halogens is 1. The van der Waals surface area contributed by atoms with Crippen molar-refractivity contribution in [2.75, 3.05) is 19.6 Å². The molecule has 2 saturated carbocycles. The second-order valence-corrected chi connectivity index (χ2v) is 12.3. The minimum atomic E-state index is -0.210. The molecule has 4 heteroatoms. The van der Waals surface area contributed by atoms with E-state index in [1.54, 1.807) is 6.07 Å². The van der Waals surface area contributed by atoms with Crippen LogP contribution in [-0.4, -0.2) is 35.4 Å². The van der Waals surface area contributed by atoms with Gasteiger partial charge in [0.15, 0.2) is 0 Å². The van der Waals surface area contributed by atoms with Crippen molar-refractivity contribution in [3.8, 4) is 5.75 Å². The molecular formula is C31H38ClNO2. The first-order valence-electron chi connectivity index (χ1n) is 13.8. The molecule has 35 heavy (non-hydrogen) atoms. The number of likely N-dealkylation sites (tertiary alicyclic amines) is 1. The summed E-state index contributed by atoms with van der Waals surface area (Å²) in [5.74, 6) is 2.29. The van der Waals surface area contributed by atoms with Crippen LogP contribution < -0.4 is 0 Å². The maximum atomic E-state index is 13.1. The van der Waals surface area contributed by atoms with Crippen molar-refractivity contribution in [3.63, 3.8) is 0 Å². The molecule has 0 unspecified atom stereocenters. The number of rotatable bonds is 5. The van der Waals surface area contributed by atoms with Gasteiger partial charge >= 0.3 is 0 Å². The quantitative estimate of drug-likeness (QED) is 0.494. The second-order valence-electron chi connectivity index (χ2n) is 11.9. The van der Waals surface area contributed by atoms with E-state index in [0.29, 0.717) is 34.5 Å². The van der Waals surface area contributed by atoms with Gasteiger partial charge in [-0.3, -0.25) is 4.79 Å². The summed E-state index contributed by atoms with van der Waals surface area (Å²) in [4.78, 5) is 15.7. The van der Waals surface area contributed by atoms with E-state index in [-0.39, 0.29) is 11.2 Å². The van der Waals surface area contributed by atoms with Crippen molar-refractivity contribution in [1.29, 1.82) is 0 Å². The lowest BCUT2D eigenvalue weighted by Crippen LogP contribution is -2.46. The number of ketones is 1. The second kappa shape index (κ2) is 9.23. The van der Waals surface area contributed by atoms with E-state index < -0.39 is 0 Å². The van der Waals surface area contributed by atoms with Crippen LogP contribution in [-0.2, 0) is 17.6 Å². The van der Waals surface area contributed by atoms with Crippen LogP contribution in [0.25, 0.3) is 0 Å². The summed E-state index contributed by atoms with van der Waals surface area (Å²) in [6.07, 6.45) is 9.69. The van der Waals surface area contributed by atoms with Crippen LogP contribution in [0.15, 0.2) is 36.4 Å². The number of hydrogen-bond donors (Lipinski definition) is 1. The van der Waals surface area contributed by atoms with Gasteiger partial charge in [-0.05, 0) is 123 Å². The molecule has 1 heterocycles. The van der Waals surface area contributed by atoms with Gasteiger partial charge in [-0.2, -0.15) is 0 Å². The van der Waals surface area contributed by atoms with Gasteiger partial charge in [-0.25, -0.2) is 0 Å². The highest BCUT2D eigenvalue weighted by Crippen LogP contribution is 2.64. The summed E-state index contributed by atoms with van der Waals surface area (Å²) >= 11 is 6.61. The smallest absolute Gasteiger partial charge is 0.139 e. The van der Waals surface area contributed by atoms with Crippen molar-refractivity contribution in [2.24, 2.45) is 17.3 Å². The summed E-state index contributed by atoms with van der Waals surface area (Å²) in [6.45, 7) is 6.00. The first-order valence-corrected chi connectivity index (χ1v) is 14.2. The summed E-state index contributed by atoms with van der Waals surface area (Å²) in [5, 5.41) is 10.8. The number of phenolic OH excluding ortho intramolecular Hbond substituents is 1. The van der Waals surface area contributed by atoms with E-state index in [4.69, 9.17) is 11.6 Å². The topological polar surface area (TPSA) is 40.5 Å². The molecule has 0 bridgehead atoms. The predicted octanol–water partition coefficient (Wildman–Crippen LogP) is 6.89. The van der Waals surface area contributed by atoms with Crippen molar-refractivity contribution in [1.82, 2.24) is 4.90 Å². The van der Waals surface area contributed by atoms with Crippen LogP contribution in [0.2, 0.25) is 5.02 Å². The molecule has 4 aliphatic rings. The van der Waals surface area contributed by atoms with Crippen molar-refractivity contribution < 1.29 is 9.90 Å². The van der Waals surface area contributed by atoms with Gasteiger partial charge in [0, 0.05) is 11.8 Å². The Hall–Kier alpha value is -1.84. The number of aromatic hydroxyl groups is 1. The highest BCUT2D eigenvalue weighted by Gasteiger charge is 2.58. The molecule has 1 N–H and O–H groups in total. The van der Waals surface area contributed by atoms with Gasteiger partial charge < -0.3 is 10.0 Å². The van der Waals surface area contributed by atoms with Gasteiger partial charge in [0.05, 0.1) is 5.02 Å². The molecule has 186 valence electrons. The lowest BCUT2D eigenvalue weighted by atomic mass is 9.51. The van der Waals surface area contributed by atoms with Crippen LogP contribution in [0.3, 0.4) is 0 Å². The van der Waals surface area contributed by atoms with E-state index in [1.807, 2.05) is 0 Å². The van der Waals surface area contributed by atoms with Crippen molar-refractivity contribution in [3.05, 3.63) is 63.7 Å². The Morgan fingerprint density at radius 2 is 1.83 bits per heavy atom. The number of nitrogens with zero attached hydrogens (tertiary/aromatic N) is 1. The highest BCUT2D eigenvalue weighted by molar-refractivity contribution is 6.32. The molecule has 0 radical (unpaired) electrons. The molecule has 1 saturated heterocycles. The number of hydrogen-bond acceptors (Lipinski definition) is 3. The maximum absolute atomic E-state index is 13.1. The normalized spacial score (nSPS) is 32.3. The van der Waals surface area contributed by atoms with E-state index >= 15 is 0 Å². The largest absolute Gasteiger partial charge is 0.506 e. The molecule has 3 fully saturated rings. The monoisotopic (exact) mass is 491 g/mol.